The van der Waals surface area contributed by atoms with Gasteiger partial charge in [0.05, 0.1) is 23.8 Å². The summed E-state index contributed by atoms with van der Waals surface area (Å²) < 4.78 is 3.88. The van der Waals surface area contributed by atoms with E-state index in [0.29, 0.717) is 0 Å². The fourth-order valence-electron chi connectivity index (χ4n) is 3.43. The van der Waals surface area contributed by atoms with Crippen molar-refractivity contribution in [2.24, 2.45) is 12.0 Å². The van der Waals surface area contributed by atoms with Crippen LogP contribution in [0, 0.1) is 0 Å². The van der Waals surface area contributed by atoms with Crippen molar-refractivity contribution >= 4 is 22.7 Å². The van der Waals surface area contributed by atoms with E-state index in [-0.39, 0.29) is 0 Å². The molecule has 0 saturated carbocycles. The van der Waals surface area contributed by atoms with Crippen LogP contribution in [-0.4, -0.2) is 50.0 Å². The number of rotatable bonds is 5. The van der Waals surface area contributed by atoms with Gasteiger partial charge in [-0.3, -0.25) is 14.1 Å². The molecule has 0 fully saturated rings. The van der Waals surface area contributed by atoms with Gasteiger partial charge in [0.2, 0.25) is 0 Å². The highest BCUT2D eigenvalue weighted by atomic mass is 15.2. The highest BCUT2D eigenvalue weighted by molar-refractivity contribution is 5.93. The quantitative estimate of drug-likeness (QED) is 0.655. The first-order chi connectivity index (χ1) is 14.0. The number of imidazole rings is 1. The second kappa shape index (κ2) is 8.00. The summed E-state index contributed by atoms with van der Waals surface area (Å²) in [6.45, 7) is 5.79. The molecule has 0 saturated heterocycles. The van der Waals surface area contributed by atoms with Crippen LogP contribution in [0.25, 0.3) is 22.5 Å². The number of anilines is 1. The van der Waals surface area contributed by atoms with Crippen molar-refractivity contribution in [1.82, 2.24) is 29.5 Å². The number of aryl methyl sites for hydroxylation is 1. The molecule has 0 aromatic carbocycles. The molecule has 8 heteroatoms. The number of fused-ring (bicyclic) bond motifs is 1. The highest BCUT2D eigenvalue weighted by Crippen LogP contribution is 2.27. The van der Waals surface area contributed by atoms with E-state index < -0.39 is 0 Å². The van der Waals surface area contributed by atoms with E-state index >= 15 is 0 Å². The van der Waals surface area contributed by atoms with Crippen molar-refractivity contribution < 1.29 is 0 Å². The van der Waals surface area contributed by atoms with E-state index in [0.717, 1.165) is 59.3 Å². The van der Waals surface area contributed by atoms with Crippen molar-refractivity contribution in [3.63, 3.8) is 0 Å². The number of aliphatic imine (C=N–C) groups is 1. The van der Waals surface area contributed by atoms with Crippen molar-refractivity contribution in [3.8, 4) is 11.3 Å². The van der Waals surface area contributed by atoms with Gasteiger partial charge in [0.1, 0.15) is 0 Å². The van der Waals surface area contributed by atoms with Gasteiger partial charge >= 0.3 is 0 Å². The summed E-state index contributed by atoms with van der Waals surface area (Å²) in [6.07, 6.45) is 13.0. The first-order valence-corrected chi connectivity index (χ1v) is 9.71. The van der Waals surface area contributed by atoms with Gasteiger partial charge in [-0.2, -0.15) is 5.10 Å². The van der Waals surface area contributed by atoms with Crippen molar-refractivity contribution in [2.45, 2.75) is 20.3 Å². The van der Waals surface area contributed by atoms with Gasteiger partial charge in [-0.15, -0.1) is 0 Å². The van der Waals surface area contributed by atoms with E-state index in [1.807, 2.05) is 45.6 Å². The fraction of sp³-hybridized carbons (Fsp3) is 0.333. The first-order valence-electron chi connectivity index (χ1n) is 9.71. The maximum atomic E-state index is 4.91. The Balaban J connectivity index is 1.85. The maximum absolute atomic E-state index is 4.91. The van der Waals surface area contributed by atoms with E-state index in [9.17, 15) is 0 Å². The third kappa shape index (κ3) is 3.97. The predicted molar refractivity (Wildman–Crippen MR) is 117 cm³/mol. The molecule has 0 amide bonds. The molecular weight excluding hydrogens is 364 g/mol. The SMILES string of the molecule is CN=C(C)/C=C(\C)Nc1nc(C2=CCCNC2)cn2c(-c3cnn(C)c3)cnc12. The molecule has 0 bridgehead atoms. The lowest BCUT2D eigenvalue weighted by Crippen LogP contribution is -2.22. The summed E-state index contributed by atoms with van der Waals surface area (Å²) in [5.74, 6) is 0.724. The minimum absolute atomic E-state index is 0.724. The lowest BCUT2D eigenvalue weighted by Gasteiger charge is -2.16. The summed E-state index contributed by atoms with van der Waals surface area (Å²) in [5, 5.41) is 11.1. The van der Waals surface area contributed by atoms with Crippen molar-refractivity contribution in [3.05, 3.63) is 48.3 Å². The van der Waals surface area contributed by atoms with E-state index in [4.69, 9.17) is 4.98 Å². The molecule has 8 nitrogen and oxygen atoms in total. The predicted octanol–water partition coefficient (Wildman–Crippen LogP) is 2.91. The minimum atomic E-state index is 0.724. The van der Waals surface area contributed by atoms with E-state index in [2.05, 4.69) is 42.4 Å². The molecule has 0 atom stereocenters. The largest absolute Gasteiger partial charge is 0.341 e. The third-order valence-electron chi connectivity index (χ3n) is 4.94. The molecule has 2 N–H and O–H groups in total. The molecule has 0 radical (unpaired) electrons. The highest BCUT2D eigenvalue weighted by Gasteiger charge is 2.16. The zero-order valence-corrected chi connectivity index (χ0v) is 17.3. The Morgan fingerprint density at radius 2 is 2.14 bits per heavy atom. The molecule has 3 aromatic heterocycles. The van der Waals surface area contributed by atoms with Gasteiger partial charge in [0.15, 0.2) is 11.5 Å². The third-order valence-corrected chi connectivity index (χ3v) is 4.94. The Morgan fingerprint density at radius 3 is 2.83 bits per heavy atom. The number of hydrogen-bond acceptors (Lipinski definition) is 6. The van der Waals surface area contributed by atoms with Crippen LogP contribution < -0.4 is 10.6 Å². The molecule has 4 rings (SSSR count). The molecule has 0 spiro atoms. The second-order valence-corrected chi connectivity index (χ2v) is 7.23. The lowest BCUT2D eigenvalue weighted by molar-refractivity contribution is 0.737. The van der Waals surface area contributed by atoms with Crippen LogP contribution in [0.5, 0.6) is 0 Å². The van der Waals surface area contributed by atoms with Crippen molar-refractivity contribution in [1.29, 1.82) is 0 Å². The average Bonchev–Trinajstić information content (AvgIpc) is 3.34. The van der Waals surface area contributed by atoms with Crippen LogP contribution in [0.15, 0.2) is 47.6 Å². The Kier molecular flexibility index (Phi) is 5.26. The molecule has 29 heavy (non-hydrogen) atoms. The summed E-state index contributed by atoms with van der Waals surface area (Å²) in [4.78, 5) is 13.8. The summed E-state index contributed by atoms with van der Waals surface area (Å²) in [6, 6.07) is 0. The lowest BCUT2D eigenvalue weighted by atomic mass is 10.1. The molecule has 4 heterocycles. The number of allylic oxidation sites excluding steroid dienone is 2. The Hall–Kier alpha value is -3.26. The number of nitrogens with zero attached hydrogens (tertiary/aromatic N) is 6. The molecule has 3 aromatic rings. The molecular formula is C21H26N8. The molecule has 1 aliphatic heterocycles. The van der Waals surface area contributed by atoms with Crippen LogP contribution in [-0.2, 0) is 7.05 Å². The van der Waals surface area contributed by atoms with Crippen LogP contribution in [0.3, 0.4) is 0 Å². The minimum Gasteiger partial charge on any atom is -0.341 e. The molecule has 0 unspecified atom stereocenters. The summed E-state index contributed by atoms with van der Waals surface area (Å²) in [5.41, 5.74) is 6.80. The van der Waals surface area contributed by atoms with E-state index in [1.165, 1.54) is 5.57 Å². The topological polar surface area (TPSA) is 84.4 Å². The summed E-state index contributed by atoms with van der Waals surface area (Å²) in [7, 11) is 3.70. The van der Waals surface area contributed by atoms with Gasteiger partial charge in [-0.25, -0.2) is 9.97 Å². The normalized spacial score (nSPS) is 15.7. The van der Waals surface area contributed by atoms with Crippen LogP contribution in [0.4, 0.5) is 5.82 Å². The smallest absolute Gasteiger partial charge is 0.180 e. The Labute approximate surface area is 170 Å². The molecule has 150 valence electrons. The first kappa shape index (κ1) is 19.1. The van der Waals surface area contributed by atoms with Crippen LogP contribution >= 0.6 is 0 Å². The molecule has 1 aliphatic rings. The van der Waals surface area contributed by atoms with Gasteiger partial charge in [-0.1, -0.05) is 6.08 Å². The second-order valence-electron chi connectivity index (χ2n) is 7.23. The number of hydrogen-bond donors (Lipinski definition) is 2. The van der Waals surface area contributed by atoms with Gasteiger partial charge < -0.3 is 10.6 Å². The monoisotopic (exact) mass is 390 g/mol. The summed E-state index contributed by atoms with van der Waals surface area (Å²) >= 11 is 0. The number of nitrogens with one attached hydrogen (secondary N) is 2. The zero-order valence-electron chi connectivity index (χ0n) is 17.3. The zero-order chi connectivity index (χ0) is 20.4. The van der Waals surface area contributed by atoms with Gasteiger partial charge in [0.25, 0.3) is 0 Å². The maximum Gasteiger partial charge on any atom is 0.180 e. The van der Waals surface area contributed by atoms with Crippen LogP contribution in [0.1, 0.15) is 26.0 Å². The standard InChI is InChI=1S/C21H26N8/c1-14(22-3)8-15(2)26-20-21-24-11-19(17-10-25-28(4)12-17)29(21)13-18(27-20)16-6-5-7-23-9-16/h6,8,10-13,23H,5,7,9H2,1-4H3,(H,26,27)/b15-8+,22-14?. The Morgan fingerprint density at radius 1 is 1.28 bits per heavy atom. The van der Waals surface area contributed by atoms with Gasteiger partial charge in [0, 0.05) is 50.0 Å². The van der Waals surface area contributed by atoms with Crippen molar-refractivity contribution in [2.75, 3.05) is 25.5 Å². The fourth-order valence-corrected chi connectivity index (χ4v) is 3.43. The number of aromatic nitrogens is 5. The van der Waals surface area contributed by atoms with Gasteiger partial charge in [-0.05, 0) is 38.5 Å². The van der Waals surface area contributed by atoms with Crippen LogP contribution in [0.2, 0.25) is 0 Å². The molecule has 0 aliphatic carbocycles. The average molecular weight is 390 g/mol. The van der Waals surface area contributed by atoms with E-state index in [1.54, 1.807) is 11.7 Å². The Bertz CT molecular complexity index is 1130.